The van der Waals surface area contributed by atoms with Crippen molar-refractivity contribution in [3.8, 4) is 11.3 Å². The van der Waals surface area contributed by atoms with Crippen LogP contribution in [0.1, 0.15) is 52.9 Å². The van der Waals surface area contributed by atoms with Crippen molar-refractivity contribution in [1.82, 2.24) is 9.97 Å². The van der Waals surface area contributed by atoms with Gasteiger partial charge < -0.3 is 10.0 Å². The minimum absolute atomic E-state index is 0. The number of aliphatic hydroxyl groups is 1. The maximum absolute atomic E-state index is 11.5. The summed E-state index contributed by atoms with van der Waals surface area (Å²) in [5, 5.41) is 19.1. The maximum atomic E-state index is 11.5. The summed E-state index contributed by atoms with van der Waals surface area (Å²) in [7, 11) is 0. The molecular formula is C45H42IrN3O2-. The molecule has 0 aliphatic carbocycles. The van der Waals surface area contributed by atoms with Gasteiger partial charge in [0.25, 0.3) is 0 Å². The zero-order chi connectivity index (χ0) is 35.5. The predicted octanol–water partition coefficient (Wildman–Crippen LogP) is 12.0. The Bertz CT molecular complexity index is 2510. The normalized spacial score (nSPS) is 12.8. The SMILES string of the molecule is CC(C)(C)C(=O)/C=C(\O)C(C)(C)C.Cc1cc2c(ccc3c4ccnc5c4c(cc23)N(c2ccccc2)c2cc3ccccc3[c-]c2-5)c(C)n1.[Ir]. The summed E-state index contributed by atoms with van der Waals surface area (Å²) in [5.74, 6) is 0.104. The van der Waals surface area contributed by atoms with Gasteiger partial charge in [-0.25, -0.2) is 0 Å². The average Bonchev–Trinajstić information content (AvgIpc) is 3.07. The van der Waals surface area contributed by atoms with Crippen molar-refractivity contribution in [2.24, 2.45) is 10.8 Å². The fourth-order valence-electron chi connectivity index (χ4n) is 6.64. The van der Waals surface area contributed by atoms with Gasteiger partial charge in [0.05, 0.1) is 0 Å². The molecule has 7 aromatic rings. The first-order valence-corrected chi connectivity index (χ1v) is 17.1. The summed E-state index contributed by atoms with van der Waals surface area (Å²) >= 11 is 0. The van der Waals surface area contributed by atoms with Crippen LogP contribution in [-0.4, -0.2) is 20.9 Å². The second-order valence-corrected chi connectivity index (χ2v) is 15.3. The Labute approximate surface area is 313 Å². The molecule has 0 saturated carbocycles. The Morgan fingerprint density at radius 3 is 2.12 bits per heavy atom. The van der Waals surface area contributed by atoms with Gasteiger partial charge in [0.15, 0.2) is 5.78 Å². The van der Waals surface area contributed by atoms with Crippen molar-refractivity contribution in [2.75, 3.05) is 4.90 Å². The number of benzene rings is 5. The molecule has 0 saturated heterocycles. The van der Waals surface area contributed by atoms with Crippen molar-refractivity contribution in [1.29, 1.82) is 0 Å². The number of aromatic nitrogens is 2. The monoisotopic (exact) mass is 849 g/mol. The number of nitrogens with zero attached hydrogens (tertiary/aromatic N) is 3. The summed E-state index contributed by atoms with van der Waals surface area (Å²) < 4.78 is 0. The number of hydrogen-bond acceptors (Lipinski definition) is 5. The van der Waals surface area contributed by atoms with Gasteiger partial charge in [0, 0.05) is 77.1 Å². The van der Waals surface area contributed by atoms with E-state index in [4.69, 9.17) is 9.97 Å². The molecule has 0 bridgehead atoms. The Balaban J connectivity index is 0.000000277. The molecule has 0 unspecified atom stereocenters. The molecule has 1 radical (unpaired) electrons. The number of anilines is 3. The van der Waals surface area contributed by atoms with Gasteiger partial charge in [-0.2, -0.15) is 0 Å². The largest absolute Gasteiger partial charge is 0.512 e. The van der Waals surface area contributed by atoms with E-state index >= 15 is 0 Å². The molecule has 0 spiro atoms. The number of fused-ring (bicyclic) bond motifs is 7. The summed E-state index contributed by atoms with van der Waals surface area (Å²) in [6, 6.07) is 36.3. The van der Waals surface area contributed by atoms with Crippen molar-refractivity contribution in [3.05, 3.63) is 126 Å². The molecule has 5 nitrogen and oxygen atoms in total. The van der Waals surface area contributed by atoms with Crippen molar-refractivity contribution >= 4 is 65.9 Å². The molecule has 0 amide bonds. The minimum atomic E-state index is -0.417. The third-order valence-corrected chi connectivity index (χ3v) is 9.43. The average molecular weight is 849 g/mol. The van der Waals surface area contributed by atoms with E-state index in [1.807, 2.05) is 47.7 Å². The van der Waals surface area contributed by atoms with Crippen LogP contribution in [0.25, 0.3) is 54.3 Å². The van der Waals surface area contributed by atoms with E-state index in [1.54, 1.807) is 0 Å². The topological polar surface area (TPSA) is 66.3 Å². The quantitative estimate of drug-likeness (QED) is 0.0812. The van der Waals surface area contributed by atoms with E-state index in [-0.39, 0.29) is 37.1 Å². The first-order chi connectivity index (χ1) is 23.7. The summed E-state index contributed by atoms with van der Waals surface area (Å²) in [6.45, 7) is 15.3. The number of ketones is 1. The number of carbonyl (C=O) groups is 1. The van der Waals surface area contributed by atoms with E-state index in [0.29, 0.717) is 0 Å². The third kappa shape index (κ3) is 6.55. The minimum Gasteiger partial charge on any atom is -0.512 e. The Morgan fingerprint density at radius 2 is 1.41 bits per heavy atom. The second-order valence-electron chi connectivity index (χ2n) is 15.3. The van der Waals surface area contributed by atoms with E-state index in [9.17, 15) is 9.90 Å². The van der Waals surface area contributed by atoms with Crippen molar-refractivity contribution in [3.63, 3.8) is 0 Å². The molecule has 0 atom stereocenters. The molecule has 6 heteroatoms. The molecule has 51 heavy (non-hydrogen) atoms. The Hall–Kier alpha value is -4.90. The van der Waals surface area contributed by atoms with Crippen LogP contribution in [0.2, 0.25) is 0 Å². The van der Waals surface area contributed by atoms with Crippen molar-refractivity contribution in [2.45, 2.75) is 55.4 Å². The Morgan fingerprint density at radius 1 is 0.745 bits per heavy atom. The molecule has 0 fully saturated rings. The zero-order valence-electron chi connectivity index (χ0n) is 30.3. The van der Waals surface area contributed by atoms with Crippen LogP contribution in [-0.2, 0) is 24.9 Å². The fourth-order valence-corrected chi connectivity index (χ4v) is 6.64. The smallest absolute Gasteiger partial charge is 0.164 e. The van der Waals surface area contributed by atoms with Crippen LogP contribution >= 0.6 is 0 Å². The van der Waals surface area contributed by atoms with E-state index in [2.05, 4.69) is 116 Å². The molecule has 3 heterocycles. The first-order valence-electron chi connectivity index (χ1n) is 17.1. The van der Waals surface area contributed by atoms with Crippen LogP contribution in [0.5, 0.6) is 0 Å². The van der Waals surface area contributed by atoms with Crippen LogP contribution < -0.4 is 4.90 Å². The summed E-state index contributed by atoms with van der Waals surface area (Å²) in [6.07, 6.45) is 3.28. The first kappa shape index (κ1) is 35.9. The van der Waals surface area contributed by atoms with Crippen molar-refractivity contribution < 1.29 is 30.0 Å². The summed E-state index contributed by atoms with van der Waals surface area (Å²) in [4.78, 5) is 23.5. The van der Waals surface area contributed by atoms with Gasteiger partial charge in [0.1, 0.15) is 5.76 Å². The number of allylic oxidation sites excluding steroid dienone is 2. The van der Waals surface area contributed by atoms with Gasteiger partial charge in [-0.3, -0.25) is 14.8 Å². The number of aryl methyl sites for hydroxylation is 2. The third-order valence-electron chi connectivity index (χ3n) is 9.43. The predicted molar refractivity (Wildman–Crippen MR) is 209 cm³/mol. The van der Waals surface area contributed by atoms with Gasteiger partial charge in [-0.1, -0.05) is 107 Å². The molecule has 259 valence electrons. The number of aliphatic hydroxyl groups excluding tert-OH is 1. The van der Waals surface area contributed by atoms with Gasteiger partial charge in [-0.15, -0.1) is 17.5 Å². The van der Waals surface area contributed by atoms with Crippen LogP contribution in [0.3, 0.4) is 0 Å². The number of carbonyl (C=O) groups excluding carboxylic acids is 1. The van der Waals surface area contributed by atoms with Crippen LogP contribution in [0.4, 0.5) is 17.1 Å². The van der Waals surface area contributed by atoms with E-state index in [0.717, 1.165) is 45.1 Å². The number of hydrogen-bond donors (Lipinski definition) is 1. The molecule has 5 aromatic carbocycles. The molecule has 1 aliphatic rings. The van der Waals surface area contributed by atoms with E-state index in [1.165, 1.54) is 43.8 Å². The number of pyridine rings is 2. The number of para-hydroxylation sites is 1. The number of rotatable bonds is 2. The zero-order valence-corrected chi connectivity index (χ0v) is 32.7. The standard InChI is InChI=1S/C34H22N3.C11H20O2.Ir/c1-20-16-28-25(21(2)36-20)12-13-26-27-14-15-35-34-30-17-22-8-6-7-9-23(22)18-31(30)37(24-10-4-3-5-11-24)32(33(27)34)19-29(26)28;1-10(2,3)8(12)7-9(13)11(4,5)6;/h3-16,18-19H,1-2H3;7,12H,1-6H3;/q-1;;/b;8-7-;. The van der Waals surface area contributed by atoms with Gasteiger partial charge in [-0.05, 0) is 76.8 Å². The Kier molecular flexibility index (Phi) is 9.39. The molecular weight excluding hydrogens is 807 g/mol. The molecule has 8 rings (SSSR count). The van der Waals surface area contributed by atoms with Crippen LogP contribution in [0.15, 0.2) is 109 Å². The fraction of sp³-hybridized carbons (Fsp3) is 0.222. The van der Waals surface area contributed by atoms with Gasteiger partial charge >= 0.3 is 0 Å². The van der Waals surface area contributed by atoms with E-state index < -0.39 is 5.41 Å². The van der Waals surface area contributed by atoms with Gasteiger partial charge in [0.2, 0.25) is 0 Å². The second kappa shape index (κ2) is 13.3. The summed E-state index contributed by atoms with van der Waals surface area (Å²) in [5.41, 5.74) is 6.73. The molecule has 2 aromatic heterocycles. The maximum Gasteiger partial charge on any atom is 0.164 e. The van der Waals surface area contributed by atoms with Crippen LogP contribution in [0, 0.1) is 30.7 Å². The molecule has 1 N–H and O–H groups in total. The molecule has 1 aliphatic heterocycles.